The lowest BCUT2D eigenvalue weighted by Gasteiger charge is -2.38. The highest BCUT2D eigenvalue weighted by atomic mass is 19.1. The van der Waals surface area contributed by atoms with Crippen molar-refractivity contribution < 1.29 is 23.5 Å². The van der Waals surface area contributed by atoms with Gasteiger partial charge in [-0.2, -0.15) is 0 Å². The zero-order chi connectivity index (χ0) is 24.5. The zero-order valence-electron chi connectivity index (χ0n) is 19.5. The van der Waals surface area contributed by atoms with Gasteiger partial charge in [0.05, 0.1) is 31.4 Å². The van der Waals surface area contributed by atoms with Gasteiger partial charge in [-0.1, -0.05) is 11.2 Å². The number of piperidine rings is 1. The van der Waals surface area contributed by atoms with Crippen LogP contribution in [0.3, 0.4) is 0 Å². The molecule has 2 aromatic carbocycles. The van der Waals surface area contributed by atoms with Crippen LogP contribution in [0, 0.1) is 18.6 Å². The molecule has 2 aliphatic rings. The number of hydrogen-bond donors (Lipinski definition) is 1. The van der Waals surface area contributed by atoms with Gasteiger partial charge in [0.1, 0.15) is 23.5 Å². The molecule has 0 saturated carbocycles. The van der Waals surface area contributed by atoms with Crippen molar-refractivity contribution >= 4 is 11.9 Å². The van der Waals surface area contributed by atoms with Crippen molar-refractivity contribution in [2.75, 3.05) is 20.2 Å². The molecule has 35 heavy (non-hydrogen) atoms. The Bertz CT molecular complexity index is 1280. The predicted molar refractivity (Wildman–Crippen MR) is 127 cm³/mol. The number of halogens is 2. The monoisotopic (exact) mass is 480 g/mol. The maximum Gasteiger partial charge on any atom is 0.174 e. The van der Waals surface area contributed by atoms with Crippen molar-refractivity contribution in [2.24, 2.45) is 5.16 Å². The predicted octanol–water partition coefficient (Wildman–Crippen LogP) is 4.39. The Morgan fingerprint density at radius 1 is 1.20 bits per heavy atom. The number of aliphatic hydroxyl groups is 1. The van der Waals surface area contributed by atoms with E-state index < -0.39 is 23.8 Å². The van der Waals surface area contributed by atoms with Gasteiger partial charge in [-0.05, 0) is 66.8 Å². The van der Waals surface area contributed by atoms with Gasteiger partial charge in [-0.15, -0.1) is 0 Å². The highest BCUT2D eigenvalue weighted by molar-refractivity contribution is 6.02. The highest BCUT2D eigenvalue weighted by Crippen LogP contribution is 2.31. The summed E-state index contributed by atoms with van der Waals surface area (Å²) in [6.45, 7) is 3.05. The Morgan fingerprint density at radius 3 is 2.71 bits per heavy atom. The van der Waals surface area contributed by atoms with Crippen molar-refractivity contribution in [3.8, 4) is 11.4 Å². The van der Waals surface area contributed by atoms with Crippen LogP contribution in [-0.2, 0) is 4.84 Å². The van der Waals surface area contributed by atoms with Crippen LogP contribution in [0.2, 0.25) is 0 Å². The number of amidine groups is 1. The molecule has 3 aromatic rings. The Kier molecular flexibility index (Phi) is 6.25. The summed E-state index contributed by atoms with van der Waals surface area (Å²) in [7, 11) is 1.64. The topological polar surface area (TPSA) is 72.1 Å². The smallest absolute Gasteiger partial charge is 0.174 e. The molecule has 2 aliphatic heterocycles. The van der Waals surface area contributed by atoms with Crippen LogP contribution in [0.25, 0.3) is 11.8 Å². The van der Waals surface area contributed by atoms with Gasteiger partial charge in [-0.25, -0.2) is 13.8 Å². The molecule has 0 spiro atoms. The number of aromatic nitrogens is 2. The van der Waals surface area contributed by atoms with Gasteiger partial charge in [0, 0.05) is 18.8 Å². The van der Waals surface area contributed by atoms with Gasteiger partial charge in [0.15, 0.2) is 11.9 Å². The lowest BCUT2D eigenvalue weighted by atomic mass is 9.97. The minimum atomic E-state index is -1.21. The minimum Gasteiger partial charge on any atom is -0.495 e. The first-order chi connectivity index (χ1) is 16.9. The van der Waals surface area contributed by atoms with Crippen LogP contribution in [-0.4, -0.2) is 51.7 Å². The third kappa shape index (κ3) is 4.77. The van der Waals surface area contributed by atoms with E-state index >= 15 is 0 Å². The van der Waals surface area contributed by atoms with E-state index in [2.05, 4.69) is 16.2 Å². The standard InChI is InChI=1S/C26H26F2N4O3/c1-16-13-32(15-29-16)22-6-5-17(9-23(22)34-2)8-18-4-3-7-31-14-24(35-30-26(18)31)25(33)19-10-20(27)12-21(28)11-19/h5-6,8-13,15,24-25,33H,3-4,7,14H2,1-2H3. The van der Waals surface area contributed by atoms with Crippen LogP contribution >= 0.6 is 0 Å². The number of rotatable bonds is 5. The van der Waals surface area contributed by atoms with Crippen molar-refractivity contribution in [2.45, 2.75) is 32.0 Å². The maximum absolute atomic E-state index is 13.6. The molecule has 9 heteroatoms. The number of methoxy groups -OCH3 is 1. The summed E-state index contributed by atoms with van der Waals surface area (Å²) in [4.78, 5) is 11.9. The van der Waals surface area contributed by atoms with Crippen molar-refractivity contribution in [1.82, 2.24) is 14.5 Å². The molecule has 2 unspecified atom stereocenters. The van der Waals surface area contributed by atoms with E-state index in [4.69, 9.17) is 9.57 Å². The molecule has 1 N–H and O–H groups in total. The number of oxime groups is 1. The summed E-state index contributed by atoms with van der Waals surface area (Å²) < 4.78 is 34.8. The minimum absolute atomic E-state index is 0.124. The third-order valence-corrected chi connectivity index (χ3v) is 6.25. The number of nitrogens with zero attached hydrogens (tertiary/aromatic N) is 4. The molecule has 0 bridgehead atoms. The lowest BCUT2D eigenvalue weighted by Crippen LogP contribution is -2.47. The normalized spacial score (nSPS) is 19.7. The van der Waals surface area contributed by atoms with E-state index in [-0.39, 0.29) is 5.56 Å². The first kappa shape index (κ1) is 23.0. The average molecular weight is 481 g/mol. The number of fused-ring (bicyclic) bond motifs is 1. The second-order valence-corrected chi connectivity index (χ2v) is 8.78. The largest absolute Gasteiger partial charge is 0.495 e. The van der Waals surface area contributed by atoms with Crippen molar-refractivity contribution in [3.05, 3.63) is 83.0 Å². The molecule has 3 heterocycles. The molecule has 0 aliphatic carbocycles. The molecule has 1 saturated heterocycles. The van der Waals surface area contributed by atoms with E-state index in [1.54, 1.807) is 13.4 Å². The molecule has 0 amide bonds. The second-order valence-electron chi connectivity index (χ2n) is 8.78. The second kappa shape index (κ2) is 9.50. The summed E-state index contributed by atoms with van der Waals surface area (Å²) in [6.07, 6.45) is 5.53. The molecule has 5 rings (SSSR count). The van der Waals surface area contributed by atoms with E-state index in [0.29, 0.717) is 12.4 Å². The van der Waals surface area contributed by atoms with E-state index in [0.717, 1.165) is 65.9 Å². The molecule has 7 nitrogen and oxygen atoms in total. The lowest BCUT2D eigenvalue weighted by molar-refractivity contribution is -0.0603. The number of imidazole rings is 1. The van der Waals surface area contributed by atoms with Crippen LogP contribution in [0.1, 0.15) is 35.8 Å². The van der Waals surface area contributed by atoms with Crippen LogP contribution < -0.4 is 4.74 Å². The van der Waals surface area contributed by atoms with Crippen molar-refractivity contribution in [1.29, 1.82) is 0 Å². The summed E-state index contributed by atoms with van der Waals surface area (Å²) in [5.74, 6) is -0.0612. The average Bonchev–Trinajstić information content (AvgIpc) is 3.28. The van der Waals surface area contributed by atoms with Crippen molar-refractivity contribution in [3.63, 3.8) is 0 Å². The van der Waals surface area contributed by atoms with Crippen LogP contribution in [0.15, 0.2) is 59.7 Å². The van der Waals surface area contributed by atoms with Gasteiger partial charge < -0.3 is 24.1 Å². The van der Waals surface area contributed by atoms with Crippen LogP contribution in [0.5, 0.6) is 5.75 Å². The SMILES string of the molecule is COc1cc(C=C2CCCN3CC(C(O)c4cc(F)cc(F)c4)ON=C23)ccc1-n1cnc(C)c1. The zero-order valence-corrected chi connectivity index (χ0v) is 19.5. The van der Waals surface area contributed by atoms with Gasteiger partial charge in [0.2, 0.25) is 0 Å². The summed E-state index contributed by atoms with van der Waals surface area (Å²) in [5.41, 5.74) is 3.90. The number of aryl methyl sites for hydroxylation is 1. The fourth-order valence-corrected chi connectivity index (χ4v) is 4.55. The number of hydrogen-bond acceptors (Lipinski definition) is 6. The molecule has 1 aromatic heterocycles. The number of aliphatic hydroxyl groups excluding tert-OH is 1. The molecular weight excluding hydrogens is 454 g/mol. The Hall–Kier alpha value is -3.72. The number of benzene rings is 2. The summed E-state index contributed by atoms with van der Waals surface area (Å²) >= 11 is 0. The quantitative estimate of drug-likeness (QED) is 0.587. The first-order valence-electron chi connectivity index (χ1n) is 11.4. The van der Waals surface area contributed by atoms with E-state index in [9.17, 15) is 13.9 Å². The van der Waals surface area contributed by atoms with Gasteiger partial charge in [-0.3, -0.25) is 0 Å². The maximum atomic E-state index is 13.6. The number of ether oxygens (including phenoxy) is 1. The Morgan fingerprint density at radius 2 is 2.00 bits per heavy atom. The molecule has 2 atom stereocenters. The van der Waals surface area contributed by atoms with Gasteiger partial charge in [0.25, 0.3) is 0 Å². The Balaban J connectivity index is 1.38. The molecular formula is C26H26F2N4O3. The van der Waals surface area contributed by atoms with E-state index in [1.165, 1.54) is 0 Å². The Labute approximate surface area is 201 Å². The summed E-state index contributed by atoms with van der Waals surface area (Å²) in [6, 6.07) is 8.95. The fourth-order valence-electron chi connectivity index (χ4n) is 4.55. The van der Waals surface area contributed by atoms with Gasteiger partial charge >= 0.3 is 0 Å². The highest BCUT2D eigenvalue weighted by Gasteiger charge is 2.34. The van der Waals surface area contributed by atoms with Crippen LogP contribution in [0.4, 0.5) is 8.78 Å². The summed E-state index contributed by atoms with van der Waals surface area (Å²) in [5, 5.41) is 15.0. The van der Waals surface area contributed by atoms with E-state index in [1.807, 2.05) is 40.8 Å². The fraction of sp³-hybridized carbons (Fsp3) is 0.308. The molecule has 182 valence electrons. The first-order valence-corrected chi connectivity index (χ1v) is 11.4. The third-order valence-electron chi connectivity index (χ3n) is 6.25. The molecule has 1 fully saturated rings. The molecule has 0 radical (unpaired) electrons.